The number of para-hydroxylation sites is 1. The van der Waals surface area contributed by atoms with Crippen LogP contribution in [-0.4, -0.2) is 12.5 Å². The second-order valence-corrected chi connectivity index (χ2v) is 7.19. The van der Waals surface area contributed by atoms with E-state index < -0.39 is 5.91 Å². The average Bonchev–Trinajstić information content (AvgIpc) is 2.83. The molecule has 0 saturated heterocycles. The van der Waals surface area contributed by atoms with Crippen molar-refractivity contribution in [2.45, 2.75) is 26.9 Å². The molecule has 0 spiro atoms. The Bertz CT molecular complexity index is 1180. The number of ether oxygens (including phenoxy) is 2. The highest BCUT2D eigenvalue weighted by atomic mass is 19.1. The second kappa shape index (κ2) is 11.5. The van der Waals surface area contributed by atoms with Crippen LogP contribution in [0, 0.1) is 17.1 Å². The molecule has 0 heterocycles. The summed E-state index contributed by atoms with van der Waals surface area (Å²) >= 11 is 0. The molecule has 3 aromatic carbocycles. The van der Waals surface area contributed by atoms with Crippen LogP contribution in [0.5, 0.6) is 11.5 Å². The van der Waals surface area contributed by atoms with Crippen molar-refractivity contribution in [3.8, 4) is 17.6 Å². The van der Waals surface area contributed by atoms with Gasteiger partial charge in [-0.2, -0.15) is 5.26 Å². The molecule has 0 aromatic heterocycles. The quantitative estimate of drug-likeness (QED) is 0.329. The molecule has 1 amide bonds. The fraction of sp³-hybridized carbons (Fsp3) is 0.185. The van der Waals surface area contributed by atoms with Gasteiger partial charge in [0.1, 0.15) is 24.1 Å². The molecular formula is C27H25FN2O3. The second-order valence-electron chi connectivity index (χ2n) is 7.19. The van der Waals surface area contributed by atoms with Crippen molar-refractivity contribution < 1.29 is 18.7 Å². The Morgan fingerprint density at radius 2 is 1.79 bits per heavy atom. The Morgan fingerprint density at radius 1 is 1.03 bits per heavy atom. The van der Waals surface area contributed by atoms with Gasteiger partial charge in [0, 0.05) is 5.69 Å². The van der Waals surface area contributed by atoms with E-state index in [1.807, 2.05) is 44.2 Å². The number of nitrogens with one attached hydrogen (secondary N) is 1. The van der Waals surface area contributed by atoms with Gasteiger partial charge in [-0.25, -0.2) is 4.39 Å². The van der Waals surface area contributed by atoms with Crippen LogP contribution >= 0.6 is 0 Å². The molecule has 168 valence electrons. The van der Waals surface area contributed by atoms with Gasteiger partial charge in [-0.3, -0.25) is 4.79 Å². The summed E-state index contributed by atoms with van der Waals surface area (Å²) in [7, 11) is 0. The molecule has 6 heteroatoms. The van der Waals surface area contributed by atoms with E-state index >= 15 is 0 Å². The van der Waals surface area contributed by atoms with Crippen molar-refractivity contribution in [2.75, 3.05) is 11.9 Å². The lowest BCUT2D eigenvalue weighted by molar-refractivity contribution is -0.112. The van der Waals surface area contributed by atoms with Crippen molar-refractivity contribution in [1.82, 2.24) is 0 Å². The third-order valence-corrected chi connectivity index (χ3v) is 4.90. The third kappa shape index (κ3) is 6.44. The number of hydrogen-bond donors (Lipinski definition) is 1. The van der Waals surface area contributed by atoms with Crippen LogP contribution in [0.1, 0.15) is 30.5 Å². The summed E-state index contributed by atoms with van der Waals surface area (Å²) in [6, 6.07) is 20.7. The number of benzene rings is 3. The maximum atomic E-state index is 13.1. The Hall–Kier alpha value is -4.11. The number of halogens is 1. The van der Waals surface area contributed by atoms with E-state index in [-0.39, 0.29) is 18.0 Å². The van der Waals surface area contributed by atoms with Crippen LogP contribution in [0.2, 0.25) is 0 Å². The molecule has 0 bridgehead atoms. The molecule has 0 atom stereocenters. The first-order valence-corrected chi connectivity index (χ1v) is 10.7. The molecule has 0 saturated carbocycles. The predicted molar refractivity (Wildman–Crippen MR) is 126 cm³/mol. The lowest BCUT2D eigenvalue weighted by Gasteiger charge is -2.13. The fourth-order valence-corrected chi connectivity index (χ4v) is 3.20. The SMILES string of the molecule is CCOc1cc(/C=C(\C#N)C(=O)Nc2ccccc2CC)ccc1OCc1ccc(F)cc1. The molecule has 0 aliphatic rings. The molecule has 0 aliphatic carbocycles. The zero-order chi connectivity index (χ0) is 23.6. The van der Waals surface area contributed by atoms with Crippen LogP contribution in [0.4, 0.5) is 10.1 Å². The molecule has 1 N–H and O–H groups in total. The molecule has 3 rings (SSSR count). The monoisotopic (exact) mass is 444 g/mol. The largest absolute Gasteiger partial charge is 0.490 e. The van der Waals surface area contributed by atoms with Crippen LogP contribution in [0.25, 0.3) is 6.08 Å². The van der Waals surface area contributed by atoms with E-state index in [1.165, 1.54) is 18.2 Å². The van der Waals surface area contributed by atoms with Crippen molar-refractivity contribution >= 4 is 17.7 Å². The van der Waals surface area contributed by atoms with E-state index in [0.29, 0.717) is 29.4 Å². The zero-order valence-corrected chi connectivity index (χ0v) is 18.6. The van der Waals surface area contributed by atoms with Gasteiger partial charge in [0.25, 0.3) is 5.91 Å². The van der Waals surface area contributed by atoms with Crippen molar-refractivity contribution in [2.24, 2.45) is 0 Å². The van der Waals surface area contributed by atoms with E-state index in [9.17, 15) is 14.4 Å². The van der Waals surface area contributed by atoms with Gasteiger partial charge in [0.2, 0.25) is 0 Å². The first-order chi connectivity index (χ1) is 16.0. The fourth-order valence-electron chi connectivity index (χ4n) is 3.20. The van der Waals surface area contributed by atoms with Crippen LogP contribution in [0.15, 0.2) is 72.3 Å². The number of aryl methyl sites for hydroxylation is 1. The minimum Gasteiger partial charge on any atom is -0.490 e. The number of rotatable bonds is 9. The summed E-state index contributed by atoms with van der Waals surface area (Å²) in [6.07, 6.45) is 2.27. The highest BCUT2D eigenvalue weighted by molar-refractivity contribution is 6.10. The smallest absolute Gasteiger partial charge is 0.266 e. The van der Waals surface area contributed by atoms with Gasteiger partial charge in [-0.15, -0.1) is 0 Å². The minimum absolute atomic E-state index is 0.0247. The van der Waals surface area contributed by atoms with Gasteiger partial charge in [-0.05, 0) is 66.4 Å². The number of hydrogen-bond acceptors (Lipinski definition) is 4. The van der Waals surface area contributed by atoms with Gasteiger partial charge in [0.15, 0.2) is 11.5 Å². The van der Waals surface area contributed by atoms with Crippen LogP contribution in [0.3, 0.4) is 0 Å². The number of amides is 1. The molecule has 0 fully saturated rings. The van der Waals surface area contributed by atoms with E-state index in [2.05, 4.69) is 5.32 Å². The molecule has 0 radical (unpaired) electrons. The van der Waals surface area contributed by atoms with Gasteiger partial charge >= 0.3 is 0 Å². The lowest BCUT2D eigenvalue weighted by atomic mass is 10.1. The van der Waals surface area contributed by atoms with Gasteiger partial charge in [0.05, 0.1) is 6.61 Å². The maximum Gasteiger partial charge on any atom is 0.266 e. The summed E-state index contributed by atoms with van der Waals surface area (Å²) in [5, 5.41) is 12.4. The first-order valence-electron chi connectivity index (χ1n) is 10.7. The average molecular weight is 445 g/mol. The standard InChI is InChI=1S/C27H25FN2O3/c1-3-21-7-5-6-8-24(21)30-27(31)22(17-29)15-20-11-14-25(26(16-20)32-4-2)33-18-19-9-12-23(28)13-10-19/h5-16H,3-4,18H2,1-2H3,(H,30,31)/b22-15+. The topological polar surface area (TPSA) is 71.3 Å². The van der Waals surface area contributed by atoms with Crippen molar-refractivity contribution in [3.05, 3.63) is 94.8 Å². The summed E-state index contributed by atoms with van der Waals surface area (Å²) in [5.41, 5.74) is 3.10. The highest BCUT2D eigenvalue weighted by Crippen LogP contribution is 2.30. The van der Waals surface area contributed by atoms with E-state index in [0.717, 1.165) is 17.5 Å². The van der Waals surface area contributed by atoms with Crippen LogP contribution < -0.4 is 14.8 Å². The number of anilines is 1. The van der Waals surface area contributed by atoms with Crippen molar-refractivity contribution in [1.29, 1.82) is 5.26 Å². The van der Waals surface area contributed by atoms with E-state index in [4.69, 9.17) is 9.47 Å². The molecule has 33 heavy (non-hydrogen) atoms. The predicted octanol–water partition coefficient (Wildman–Crippen LogP) is 5.91. The van der Waals surface area contributed by atoms with Crippen LogP contribution in [-0.2, 0) is 17.8 Å². The number of nitriles is 1. The normalized spacial score (nSPS) is 10.9. The Balaban J connectivity index is 1.79. The van der Waals surface area contributed by atoms with E-state index in [1.54, 1.807) is 30.3 Å². The maximum absolute atomic E-state index is 13.1. The first kappa shape index (κ1) is 23.6. The molecule has 5 nitrogen and oxygen atoms in total. The summed E-state index contributed by atoms with van der Waals surface area (Å²) < 4.78 is 24.6. The van der Waals surface area contributed by atoms with Crippen molar-refractivity contribution in [3.63, 3.8) is 0 Å². The lowest BCUT2D eigenvalue weighted by Crippen LogP contribution is -2.14. The number of nitrogens with zero attached hydrogens (tertiary/aromatic N) is 1. The number of carbonyl (C=O) groups is 1. The van der Waals surface area contributed by atoms with Gasteiger partial charge < -0.3 is 14.8 Å². The Morgan fingerprint density at radius 3 is 2.48 bits per heavy atom. The number of carbonyl (C=O) groups excluding carboxylic acids is 1. The highest BCUT2D eigenvalue weighted by Gasteiger charge is 2.13. The van der Waals surface area contributed by atoms with Gasteiger partial charge in [-0.1, -0.05) is 43.3 Å². The summed E-state index contributed by atoms with van der Waals surface area (Å²) in [6.45, 7) is 4.52. The Kier molecular flexibility index (Phi) is 8.20. The minimum atomic E-state index is -0.479. The zero-order valence-electron chi connectivity index (χ0n) is 18.6. The molecule has 0 aliphatic heterocycles. The molecule has 0 unspecified atom stereocenters. The summed E-state index contributed by atoms with van der Waals surface area (Å²) in [5.74, 6) is 0.217. The summed E-state index contributed by atoms with van der Waals surface area (Å²) in [4.78, 5) is 12.7. The third-order valence-electron chi connectivity index (χ3n) is 4.90. The molecular weight excluding hydrogens is 419 g/mol. The Labute approximate surface area is 193 Å². The molecule has 3 aromatic rings.